The smallest absolute Gasteiger partial charge is 0.191 e. The maximum Gasteiger partial charge on any atom is 0.191 e. The predicted octanol–water partition coefficient (Wildman–Crippen LogP) is 2.07. The first-order chi connectivity index (χ1) is 13.6. The number of aliphatic imine (C=N–C) groups is 1. The molecule has 29 heavy (non-hydrogen) atoms. The van der Waals surface area contributed by atoms with Crippen LogP contribution in [0.4, 0.5) is 0 Å². The van der Waals surface area contributed by atoms with Crippen LogP contribution in [0.2, 0.25) is 0 Å². The number of halogens is 1. The van der Waals surface area contributed by atoms with Gasteiger partial charge in [0.25, 0.3) is 0 Å². The lowest BCUT2D eigenvalue weighted by molar-refractivity contribution is 0.187. The summed E-state index contributed by atoms with van der Waals surface area (Å²) in [6.07, 6.45) is 2.07. The van der Waals surface area contributed by atoms with Crippen molar-refractivity contribution in [1.82, 2.24) is 25.4 Å². The molecule has 0 saturated heterocycles. The highest BCUT2D eigenvalue weighted by molar-refractivity contribution is 14.0. The molecule has 3 rings (SSSR count). The Kier molecular flexibility index (Phi) is 9.15. The van der Waals surface area contributed by atoms with Gasteiger partial charge in [0, 0.05) is 25.4 Å². The number of benzene rings is 1. The summed E-state index contributed by atoms with van der Waals surface area (Å²) < 4.78 is 7.15. The van der Waals surface area contributed by atoms with E-state index in [9.17, 15) is 5.11 Å². The van der Waals surface area contributed by atoms with Gasteiger partial charge >= 0.3 is 0 Å². The van der Waals surface area contributed by atoms with E-state index in [1.807, 2.05) is 35.9 Å². The van der Waals surface area contributed by atoms with E-state index in [1.54, 1.807) is 7.11 Å². The second kappa shape index (κ2) is 11.3. The molecule has 0 radical (unpaired) electrons. The van der Waals surface area contributed by atoms with Crippen LogP contribution >= 0.6 is 24.0 Å². The maximum atomic E-state index is 10.4. The molecule has 1 aromatic carbocycles. The van der Waals surface area contributed by atoms with Gasteiger partial charge in [-0.3, -0.25) is 4.99 Å². The number of nitrogens with one attached hydrogen (secondary N) is 2. The number of rotatable bonds is 7. The van der Waals surface area contributed by atoms with Gasteiger partial charge in [-0.15, -0.1) is 24.0 Å². The van der Waals surface area contributed by atoms with Crippen LogP contribution in [0.25, 0.3) is 0 Å². The average Bonchev–Trinajstić information content (AvgIpc) is 3.14. The number of aryl methyl sites for hydroxylation is 2. The first kappa shape index (κ1) is 23.4. The van der Waals surface area contributed by atoms with Crippen molar-refractivity contribution in [3.8, 4) is 5.75 Å². The minimum Gasteiger partial charge on any atom is -0.497 e. The number of ether oxygens (including phenoxy) is 1. The molecule has 2 atom stereocenters. The van der Waals surface area contributed by atoms with E-state index in [-0.39, 0.29) is 36.6 Å². The van der Waals surface area contributed by atoms with Crippen molar-refractivity contribution in [2.75, 3.05) is 20.2 Å². The molecular weight excluding hydrogens is 483 g/mol. The van der Waals surface area contributed by atoms with E-state index in [0.29, 0.717) is 5.96 Å². The molecule has 0 spiro atoms. The van der Waals surface area contributed by atoms with Gasteiger partial charge < -0.3 is 20.5 Å². The average molecular weight is 514 g/mol. The Hall–Kier alpha value is -1.88. The molecule has 9 heteroatoms. The fourth-order valence-electron chi connectivity index (χ4n) is 3.25. The van der Waals surface area contributed by atoms with E-state index in [2.05, 4.69) is 32.6 Å². The highest BCUT2D eigenvalue weighted by Crippen LogP contribution is 2.18. The number of aromatic nitrogens is 3. The Morgan fingerprint density at radius 3 is 2.76 bits per heavy atom. The highest BCUT2D eigenvalue weighted by atomic mass is 127. The normalized spacial score (nSPS) is 17.1. The van der Waals surface area contributed by atoms with Crippen molar-refractivity contribution in [3.63, 3.8) is 0 Å². The minimum atomic E-state index is -0.665. The monoisotopic (exact) mass is 514 g/mol. The van der Waals surface area contributed by atoms with Crippen LogP contribution in [0.5, 0.6) is 5.75 Å². The van der Waals surface area contributed by atoms with Crippen LogP contribution in [0.15, 0.2) is 29.3 Å². The molecule has 2 aromatic rings. The third kappa shape index (κ3) is 6.30. The van der Waals surface area contributed by atoms with E-state index >= 15 is 0 Å². The molecule has 8 nitrogen and oxygen atoms in total. The van der Waals surface area contributed by atoms with Crippen LogP contribution in [-0.4, -0.2) is 52.1 Å². The fourth-order valence-corrected chi connectivity index (χ4v) is 3.25. The third-order valence-corrected chi connectivity index (χ3v) is 4.83. The summed E-state index contributed by atoms with van der Waals surface area (Å²) in [7, 11) is 1.63. The second-order valence-corrected chi connectivity index (χ2v) is 6.87. The number of methoxy groups -OCH3 is 1. The fraction of sp³-hybridized carbons (Fsp3) is 0.550. The standard InChI is InChI=1S/C20H30N6O2.HI/c1-4-18-24-19-11-8-15(13-26(19)25-18)23-20(21-5-2)22-12-17(27)14-6-9-16(28-3)10-7-14;/h6-7,9-10,15,17,27H,4-5,8,11-13H2,1-3H3,(H2,21,22,23);1H. The van der Waals surface area contributed by atoms with Gasteiger partial charge in [-0.2, -0.15) is 5.10 Å². The molecular formula is C20H31IN6O2. The van der Waals surface area contributed by atoms with Gasteiger partial charge in [0.2, 0.25) is 0 Å². The zero-order chi connectivity index (χ0) is 19.9. The molecule has 1 aliphatic heterocycles. The molecule has 0 fully saturated rings. The summed E-state index contributed by atoms with van der Waals surface area (Å²) in [5, 5.41) is 21.7. The molecule has 160 valence electrons. The van der Waals surface area contributed by atoms with Crippen molar-refractivity contribution < 1.29 is 9.84 Å². The number of aliphatic hydroxyl groups is 1. The number of fused-ring (bicyclic) bond motifs is 1. The zero-order valence-electron chi connectivity index (χ0n) is 17.3. The van der Waals surface area contributed by atoms with Gasteiger partial charge in [-0.05, 0) is 31.0 Å². The topological polar surface area (TPSA) is 96.6 Å². The van der Waals surface area contributed by atoms with E-state index in [4.69, 9.17) is 4.74 Å². The van der Waals surface area contributed by atoms with Crippen LogP contribution in [0.3, 0.4) is 0 Å². The summed E-state index contributed by atoms with van der Waals surface area (Å²) in [6.45, 7) is 5.91. The summed E-state index contributed by atoms with van der Waals surface area (Å²) in [4.78, 5) is 9.13. The number of guanidine groups is 1. The van der Waals surface area contributed by atoms with Crippen LogP contribution in [-0.2, 0) is 19.4 Å². The lowest BCUT2D eigenvalue weighted by Crippen LogP contribution is -2.47. The molecule has 1 aliphatic rings. The second-order valence-electron chi connectivity index (χ2n) is 6.87. The van der Waals surface area contributed by atoms with Crippen molar-refractivity contribution in [2.45, 2.75) is 51.8 Å². The van der Waals surface area contributed by atoms with Crippen molar-refractivity contribution in [3.05, 3.63) is 41.5 Å². The Morgan fingerprint density at radius 2 is 2.10 bits per heavy atom. The Labute approximate surface area is 189 Å². The summed E-state index contributed by atoms with van der Waals surface area (Å²) in [5.41, 5.74) is 0.817. The Morgan fingerprint density at radius 1 is 1.34 bits per heavy atom. The van der Waals surface area contributed by atoms with Gasteiger partial charge in [0.15, 0.2) is 11.8 Å². The van der Waals surface area contributed by atoms with Crippen molar-refractivity contribution >= 4 is 29.9 Å². The number of aliphatic hydroxyl groups excluding tert-OH is 1. The third-order valence-electron chi connectivity index (χ3n) is 4.83. The Balaban J connectivity index is 0.00000300. The first-order valence-corrected chi connectivity index (χ1v) is 9.92. The lowest BCUT2D eigenvalue weighted by atomic mass is 10.1. The van der Waals surface area contributed by atoms with Crippen LogP contribution in [0.1, 0.15) is 43.6 Å². The molecule has 0 bridgehead atoms. The van der Waals surface area contributed by atoms with Gasteiger partial charge in [0.1, 0.15) is 11.6 Å². The number of hydrogen-bond acceptors (Lipinski definition) is 5. The molecule has 1 aromatic heterocycles. The SMILES string of the molecule is CCNC(=NCC(O)c1ccc(OC)cc1)NC1CCc2nc(CC)nn2C1.I. The predicted molar refractivity (Wildman–Crippen MR) is 124 cm³/mol. The van der Waals surface area contributed by atoms with E-state index in [1.165, 1.54) is 0 Å². The molecule has 3 N–H and O–H groups in total. The Bertz CT molecular complexity index is 793. The lowest BCUT2D eigenvalue weighted by Gasteiger charge is -2.25. The van der Waals surface area contributed by atoms with E-state index in [0.717, 1.165) is 55.3 Å². The molecule has 2 unspecified atom stereocenters. The maximum absolute atomic E-state index is 10.4. The quantitative estimate of drug-likeness (QED) is 0.298. The van der Waals surface area contributed by atoms with Crippen LogP contribution in [0, 0.1) is 0 Å². The van der Waals surface area contributed by atoms with Crippen LogP contribution < -0.4 is 15.4 Å². The largest absolute Gasteiger partial charge is 0.497 e. The van der Waals surface area contributed by atoms with E-state index < -0.39 is 6.10 Å². The van der Waals surface area contributed by atoms with Gasteiger partial charge in [-0.25, -0.2) is 9.67 Å². The van der Waals surface area contributed by atoms with Gasteiger partial charge in [-0.1, -0.05) is 19.1 Å². The summed E-state index contributed by atoms with van der Waals surface area (Å²) in [5.74, 6) is 3.44. The molecule has 2 heterocycles. The zero-order valence-corrected chi connectivity index (χ0v) is 19.6. The summed E-state index contributed by atoms with van der Waals surface area (Å²) in [6, 6.07) is 7.63. The number of hydrogen-bond donors (Lipinski definition) is 3. The highest BCUT2D eigenvalue weighted by Gasteiger charge is 2.22. The summed E-state index contributed by atoms with van der Waals surface area (Å²) >= 11 is 0. The molecule has 0 saturated carbocycles. The van der Waals surface area contributed by atoms with Crippen molar-refractivity contribution in [2.24, 2.45) is 4.99 Å². The number of nitrogens with zero attached hydrogens (tertiary/aromatic N) is 4. The molecule has 0 amide bonds. The minimum absolute atomic E-state index is 0. The first-order valence-electron chi connectivity index (χ1n) is 9.92. The van der Waals surface area contributed by atoms with Gasteiger partial charge in [0.05, 0.1) is 26.3 Å². The van der Waals surface area contributed by atoms with Crippen molar-refractivity contribution in [1.29, 1.82) is 0 Å². The molecule has 0 aliphatic carbocycles.